The quantitative estimate of drug-likeness (QED) is 0.657. The van der Waals surface area contributed by atoms with Gasteiger partial charge in [-0.3, -0.25) is 11.3 Å². The molecule has 20 heavy (non-hydrogen) atoms. The molecule has 0 aliphatic rings. The predicted molar refractivity (Wildman–Crippen MR) is 78.2 cm³/mol. The standard InChI is InChI=1S/C15H16ClFN2O/c1-20-15-7-6-11(16)9-12(15)14(19-18)8-10-4-2-3-5-13(10)17/h2-7,9,14,19H,8,18H2,1H3. The minimum atomic E-state index is -0.291. The zero-order valence-electron chi connectivity index (χ0n) is 11.1. The summed E-state index contributed by atoms with van der Waals surface area (Å²) in [5.74, 6) is 6.01. The van der Waals surface area contributed by atoms with Crippen molar-refractivity contribution >= 4 is 11.6 Å². The smallest absolute Gasteiger partial charge is 0.126 e. The van der Waals surface area contributed by atoms with Gasteiger partial charge in [0.2, 0.25) is 0 Å². The largest absolute Gasteiger partial charge is 0.496 e. The number of ether oxygens (including phenoxy) is 1. The molecule has 0 radical (unpaired) electrons. The van der Waals surface area contributed by atoms with E-state index in [2.05, 4.69) is 5.43 Å². The zero-order chi connectivity index (χ0) is 14.5. The number of nitrogens with two attached hydrogens (primary N) is 1. The summed E-state index contributed by atoms with van der Waals surface area (Å²) in [6.07, 6.45) is 0.403. The molecule has 2 rings (SSSR count). The monoisotopic (exact) mass is 294 g/mol. The molecule has 0 fully saturated rings. The second-order valence-corrected chi connectivity index (χ2v) is 4.84. The van der Waals surface area contributed by atoms with Gasteiger partial charge in [0, 0.05) is 10.6 Å². The van der Waals surface area contributed by atoms with Gasteiger partial charge in [0.1, 0.15) is 11.6 Å². The topological polar surface area (TPSA) is 47.3 Å². The maximum absolute atomic E-state index is 13.7. The van der Waals surface area contributed by atoms with E-state index in [0.29, 0.717) is 22.8 Å². The van der Waals surface area contributed by atoms with Crippen LogP contribution in [0.2, 0.25) is 5.02 Å². The SMILES string of the molecule is COc1ccc(Cl)cc1C(Cc1ccccc1F)NN. The molecular weight excluding hydrogens is 279 g/mol. The highest BCUT2D eigenvalue weighted by molar-refractivity contribution is 6.30. The van der Waals surface area contributed by atoms with Crippen LogP contribution < -0.4 is 16.0 Å². The number of methoxy groups -OCH3 is 1. The highest BCUT2D eigenvalue weighted by Gasteiger charge is 2.17. The van der Waals surface area contributed by atoms with Crippen molar-refractivity contribution in [1.82, 2.24) is 5.43 Å². The molecule has 0 aliphatic carbocycles. The van der Waals surface area contributed by atoms with Gasteiger partial charge in [-0.2, -0.15) is 0 Å². The Kier molecular flexibility index (Phi) is 4.95. The van der Waals surface area contributed by atoms with Gasteiger partial charge in [0.25, 0.3) is 0 Å². The lowest BCUT2D eigenvalue weighted by atomic mass is 9.98. The Bertz CT molecular complexity index is 592. The molecule has 0 aromatic heterocycles. The van der Waals surface area contributed by atoms with Gasteiger partial charge in [-0.1, -0.05) is 29.8 Å². The van der Waals surface area contributed by atoms with E-state index in [4.69, 9.17) is 22.2 Å². The van der Waals surface area contributed by atoms with E-state index in [1.54, 1.807) is 43.5 Å². The van der Waals surface area contributed by atoms with Crippen molar-refractivity contribution in [2.75, 3.05) is 7.11 Å². The van der Waals surface area contributed by atoms with Gasteiger partial charge in [-0.05, 0) is 36.2 Å². The third kappa shape index (κ3) is 3.28. The third-order valence-electron chi connectivity index (χ3n) is 3.15. The number of hydrazine groups is 1. The highest BCUT2D eigenvalue weighted by atomic mass is 35.5. The van der Waals surface area contributed by atoms with E-state index in [0.717, 1.165) is 5.56 Å². The van der Waals surface area contributed by atoms with Gasteiger partial charge < -0.3 is 4.74 Å². The summed E-state index contributed by atoms with van der Waals surface area (Å²) >= 11 is 6.01. The van der Waals surface area contributed by atoms with Crippen molar-refractivity contribution in [2.45, 2.75) is 12.5 Å². The van der Waals surface area contributed by atoms with Gasteiger partial charge >= 0.3 is 0 Å². The minimum Gasteiger partial charge on any atom is -0.496 e. The zero-order valence-corrected chi connectivity index (χ0v) is 11.8. The third-order valence-corrected chi connectivity index (χ3v) is 3.39. The van der Waals surface area contributed by atoms with Crippen LogP contribution in [0.15, 0.2) is 42.5 Å². The molecule has 2 aromatic carbocycles. The van der Waals surface area contributed by atoms with Crippen LogP contribution in [0.3, 0.4) is 0 Å². The van der Waals surface area contributed by atoms with E-state index in [1.165, 1.54) is 6.07 Å². The molecule has 2 aromatic rings. The van der Waals surface area contributed by atoms with Gasteiger partial charge in [0.15, 0.2) is 0 Å². The second-order valence-electron chi connectivity index (χ2n) is 4.40. The molecule has 0 saturated carbocycles. The molecule has 0 heterocycles. The average molecular weight is 295 g/mol. The number of halogens is 2. The minimum absolute atomic E-state index is 0.256. The molecule has 0 spiro atoms. The fraction of sp³-hybridized carbons (Fsp3) is 0.200. The van der Waals surface area contributed by atoms with Crippen LogP contribution in [-0.2, 0) is 6.42 Å². The summed E-state index contributed by atoms with van der Waals surface area (Å²) in [4.78, 5) is 0. The maximum Gasteiger partial charge on any atom is 0.126 e. The lowest BCUT2D eigenvalue weighted by Gasteiger charge is -2.19. The average Bonchev–Trinajstić information content (AvgIpc) is 2.46. The molecule has 5 heteroatoms. The summed E-state index contributed by atoms with van der Waals surface area (Å²) in [6, 6.07) is 11.6. The van der Waals surface area contributed by atoms with Crippen molar-refractivity contribution in [3.63, 3.8) is 0 Å². The summed E-state index contributed by atoms with van der Waals surface area (Å²) < 4.78 is 19.0. The van der Waals surface area contributed by atoms with E-state index < -0.39 is 0 Å². The highest BCUT2D eigenvalue weighted by Crippen LogP contribution is 2.30. The van der Waals surface area contributed by atoms with Crippen molar-refractivity contribution in [3.05, 3.63) is 64.4 Å². The lowest BCUT2D eigenvalue weighted by Crippen LogP contribution is -2.30. The Morgan fingerprint density at radius 1 is 1.30 bits per heavy atom. The van der Waals surface area contributed by atoms with Gasteiger partial charge in [-0.15, -0.1) is 0 Å². The Morgan fingerprint density at radius 2 is 2.05 bits per heavy atom. The number of hydrogen-bond acceptors (Lipinski definition) is 3. The number of nitrogens with one attached hydrogen (secondary N) is 1. The van der Waals surface area contributed by atoms with Crippen LogP contribution >= 0.6 is 11.6 Å². The van der Waals surface area contributed by atoms with E-state index in [9.17, 15) is 4.39 Å². The summed E-state index contributed by atoms with van der Waals surface area (Å²) in [7, 11) is 1.57. The lowest BCUT2D eigenvalue weighted by molar-refractivity contribution is 0.398. The molecule has 0 amide bonds. The number of benzene rings is 2. The summed E-state index contributed by atoms with van der Waals surface area (Å²) in [5, 5.41) is 0.578. The first-order valence-electron chi connectivity index (χ1n) is 6.18. The first-order chi connectivity index (χ1) is 9.65. The van der Waals surface area contributed by atoms with E-state index in [-0.39, 0.29) is 11.9 Å². The molecule has 1 atom stereocenters. The van der Waals surface area contributed by atoms with Crippen LogP contribution in [0.1, 0.15) is 17.2 Å². The van der Waals surface area contributed by atoms with Crippen LogP contribution in [0.4, 0.5) is 4.39 Å². The Hall–Kier alpha value is -1.62. The van der Waals surface area contributed by atoms with Gasteiger partial charge in [0.05, 0.1) is 13.2 Å². The molecule has 1 unspecified atom stereocenters. The Labute approximate surface area is 122 Å². The van der Waals surface area contributed by atoms with Crippen LogP contribution in [0.5, 0.6) is 5.75 Å². The molecule has 3 nitrogen and oxygen atoms in total. The predicted octanol–water partition coefficient (Wildman–Crippen LogP) is 3.23. The Balaban J connectivity index is 2.33. The molecule has 3 N–H and O–H groups in total. The fourth-order valence-electron chi connectivity index (χ4n) is 2.12. The molecule has 0 bridgehead atoms. The molecule has 0 saturated heterocycles. The number of rotatable bonds is 5. The molecule has 0 aliphatic heterocycles. The van der Waals surface area contributed by atoms with E-state index >= 15 is 0 Å². The fourth-order valence-corrected chi connectivity index (χ4v) is 2.30. The second kappa shape index (κ2) is 6.70. The number of hydrogen-bond donors (Lipinski definition) is 2. The van der Waals surface area contributed by atoms with Crippen LogP contribution in [0.25, 0.3) is 0 Å². The van der Waals surface area contributed by atoms with Crippen LogP contribution in [0, 0.1) is 5.82 Å². The van der Waals surface area contributed by atoms with Crippen molar-refractivity contribution in [2.24, 2.45) is 5.84 Å². The first kappa shape index (κ1) is 14.8. The van der Waals surface area contributed by atoms with E-state index in [1.807, 2.05) is 0 Å². The summed E-state index contributed by atoms with van der Waals surface area (Å²) in [5.41, 5.74) is 4.07. The van der Waals surface area contributed by atoms with Gasteiger partial charge in [-0.25, -0.2) is 4.39 Å². The summed E-state index contributed by atoms with van der Waals surface area (Å²) in [6.45, 7) is 0. The van der Waals surface area contributed by atoms with Crippen molar-refractivity contribution in [1.29, 1.82) is 0 Å². The van der Waals surface area contributed by atoms with Crippen molar-refractivity contribution < 1.29 is 9.13 Å². The van der Waals surface area contributed by atoms with Crippen molar-refractivity contribution in [3.8, 4) is 5.75 Å². The normalized spacial score (nSPS) is 12.2. The molecular formula is C15H16ClFN2O. The maximum atomic E-state index is 13.7. The first-order valence-corrected chi connectivity index (χ1v) is 6.56. The molecule has 106 valence electrons. The van der Waals surface area contributed by atoms with Crippen LogP contribution in [-0.4, -0.2) is 7.11 Å². The Morgan fingerprint density at radius 3 is 2.70 bits per heavy atom.